The fraction of sp³-hybridized carbons (Fsp3) is 0.238. The molecule has 3 heterocycles. The summed E-state index contributed by atoms with van der Waals surface area (Å²) in [5, 5.41) is 9.93. The Bertz CT molecular complexity index is 1180. The lowest BCUT2D eigenvalue weighted by atomic mass is 10.1. The van der Waals surface area contributed by atoms with Crippen LogP contribution in [-0.4, -0.2) is 31.5 Å². The van der Waals surface area contributed by atoms with Crippen LogP contribution in [0, 0.1) is 18.3 Å². The highest BCUT2D eigenvalue weighted by atomic mass is 79.9. The monoisotopic (exact) mass is 473 g/mol. The third-order valence-electron chi connectivity index (χ3n) is 4.87. The van der Waals surface area contributed by atoms with Gasteiger partial charge in [-0.25, -0.2) is 4.98 Å². The summed E-state index contributed by atoms with van der Waals surface area (Å²) in [6.45, 7) is 1.85. The van der Waals surface area contributed by atoms with Crippen LogP contribution >= 0.6 is 38.0 Å². The third-order valence-corrected chi connectivity index (χ3v) is 8.15. The fourth-order valence-electron chi connectivity index (χ4n) is 3.48. The normalized spacial score (nSPS) is 14.4. The molecule has 0 spiro atoms. The Morgan fingerprint density at radius 1 is 1.32 bits per heavy atom. The van der Waals surface area contributed by atoms with Gasteiger partial charge in [0.05, 0.1) is 11.3 Å². The summed E-state index contributed by atoms with van der Waals surface area (Å²) in [4.78, 5) is 18.2. The molecule has 4 nitrogen and oxygen atoms in total. The summed E-state index contributed by atoms with van der Waals surface area (Å²) in [7, 11) is -0.256. The number of carbonyl (C=O) groups excluding carboxylic acids is 1. The number of Topliss-reactive ketones (excluding diaryl/α,β-unsaturated/α-hetero) is 1. The van der Waals surface area contributed by atoms with E-state index in [9.17, 15) is 10.1 Å². The van der Waals surface area contributed by atoms with Crippen molar-refractivity contribution >= 4 is 54.3 Å². The molecule has 7 heteroatoms. The number of nitriles is 1. The van der Waals surface area contributed by atoms with Crippen molar-refractivity contribution < 1.29 is 4.79 Å². The Balaban J connectivity index is 1.86. The molecule has 0 atom stereocenters. The molecule has 1 aliphatic heterocycles. The van der Waals surface area contributed by atoms with Crippen molar-refractivity contribution in [1.29, 1.82) is 5.26 Å². The van der Waals surface area contributed by atoms with Gasteiger partial charge in [0.25, 0.3) is 0 Å². The lowest BCUT2D eigenvalue weighted by molar-refractivity contribution is 0.106. The molecule has 0 saturated carbocycles. The lowest BCUT2D eigenvalue weighted by Gasteiger charge is -2.10. The molecule has 4 rings (SSSR count). The van der Waals surface area contributed by atoms with Crippen molar-refractivity contribution in [2.75, 3.05) is 11.5 Å². The third kappa shape index (κ3) is 3.43. The number of nitrogens with zero attached hydrogens (tertiary/aromatic N) is 3. The topological polar surface area (TPSA) is 58.2 Å². The smallest absolute Gasteiger partial charge is 0.212 e. The van der Waals surface area contributed by atoms with Gasteiger partial charge in [0.15, 0.2) is 0 Å². The van der Waals surface area contributed by atoms with Gasteiger partial charge in [-0.3, -0.25) is 9.20 Å². The first-order chi connectivity index (χ1) is 13.5. The predicted octanol–water partition coefficient (Wildman–Crippen LogP) is 5.67. The van der Waals surface area contributed by atoms with E-state index in [4.69, 9.17) is 11.6 Å². The number of rotatable bonds is 3. The molecular weight excluding hydrogens is 458 g/mol. The van der Waals surface area contributed by atoms with Gasteiger partial charge < -0.3 is 0 Å². The average Bonchev–Trinajstić information content (AvgIpc) is 3.32. The predicted molar refractivity (Wildman–Crippen MR) is 120 cm³/mol. The van der Waals surface area contributed by atoms with Crippen LogP contribution in [0.1, 0.15) is 28.8 Å². The Hall–Kier alpha value is -1.94. The van der Waals surface area contributed by atoms with E-state index in [1.54, 1.807) is 4.40 Å². The van der Waals surface area contributed by atoms with Crippen LogP contribution in [-0.2, 0) is 0 Å². The summed E-state index contributed by atoms with van der Waals surface area (Å²) in [6, 6.07) is 11.9. The maximum atomic E-state index is 13.2. The molecule has 28 heavy (non-hydrogen) atoms. The van der Waals surface area contributed by atoms with Crippen LogP contribution in [0.2, 0.25) is 5.15 Å². The molecule has 0 bridgehead atoms. The van der Waals surface area contributed by atoms with Crippen molar-refractivity contribution in [3.8, 4) is 17.3 Å². The number of aryl methyl sites for hydroxylation is 1. The zero-order chi connectivity index (χ0) is 19.8. The number of carbonyl (C=O) groups is 1. The minimum absolute atomic E-state index is 0.241. The summed E-state index contributed by atoms with van der Waals surface area (Å²) in [5.74, 6) is 1.60. The van der Waals surface area contributed by atoms with Crippen molar-refractivity contribution in [1.82, 2.24) is 9.38 Å². The summed E-state index contributed by atoms with van der Waals surface area (Å²) in [6.07, 6.45) is 3.98. The highest BCUT2D eigenvalue weighted by molar-refractivity contribution is 9.10. The van der Waals surface area contributed by atoms with Crippen molar-refractivity contribution in [3.05, 3.63) is 57.3 Å². The molecule has 0 N–H and O–H groups in total. The van der Waals surface area contributed by atoms with E-state index in [-0.39, 0.29) is 16.3 Å². The molecule has 0 unspecified atom stereocenters. The number of halogens is 2. The van der Waals surface area contributed by atoms with Crippen molar-refractivity contribution in [2.45, 2.75) is 19.8 Å². The SMILES string of the molecule is Cc1cc2nc(-c3cccc(Br)c3)cn2c(Cl)c1C(=O)C(C#N)=S1CCCC1. The van der Waals surface area contributed by atoms with Crippen LogP contribution in [0.15, 0.2) is 41.0 Å². The Labute approximate surface area is 179 Å². The Morgan fingerprint density at radius 3 is 2.75 bits per heavy atom. The first kappa shape index (κ1) is 19.4. The largest absolute Gasteiger partial charge is 0.289 e. The summed E-state index contributed by atoms with van der Waals surface area (Å²) >= 11 is 10.1. The molecule has 1 aliphatic rings. The maximum absolute atomic E-state index is 13.2. The van der Waals surface area contributed by atoms with E-state index < -0.39 is 0 Å². The van der Waals surface area contributed by atoms with Crippen LogP contribution < -0.4 is 0 Å². The fourth-order valence-corrected chi connectivity index (χ4v) is 6.46. The number of imidazole rings is 1. The molecule has 1 fully saturated rings. The first-order valence-corrected chi connectivity index (χ1v) is 11.7. The quantitative estimate of drug-likeness (QED) is 0.279. The number of fused-ring (bicyclic) bond motifs is 1. The Kier molecular flexibility index (Phi) is 5.42. The van der Waals surface area contributed by atoms with Crippen LogP contribution in [0.4, 0.5) is 0 Å². The molecule has 2 aromatic heterocycles. The van der Waals surface area contributed by atoms with Gasteiger partial charge in [0.2, 0.25) is 5.78 Å². The number of ketones is 1. The van der Waals surface area contributed by atoms with Gasteiger partial charge in [0.1, 0.15) is 21.7 Å². The van der Waals surface area contributed by atoms with Gasteiger partial charge in [-0.15, -0.1) is 0 Å². The van der Waals surface area contributed by atoms with Gasteiger partial charge in [0, 0.05) is 16.2 Å². The van der Waals surface area contributed by atoms with E-state index in [0.29, 0.717) is 21.2 Å². The highest BCUT2D eigenvalue weighted by Crippen LogP contribution is 2.31. The summed E-state index contributed by atoms with van der Waals surface area (Å²) in [5.41, 5.74) is 3.55. The average molecular weight is 475 g/mol. The summed E-state index contributed by atoms with van der Waals surface area (Å²) < 4.78 is 2.69. The molecule has 0 aliphatic carbocycles. The standard InChI is InChI=1S/C21H17BrClN3OS/c1-13-9-18-25-16(14-5-4-6-15(22)10-14)12-26(18)21(23)19(13)20(27)17(11-24)28-7-2-3-8-28/h4-6,9-10,12H,2-3,7-8H2,1H3. The van der Waals surface area contributed by atoms with Gasteiger partial charge >= 0.3 is 0 Å². The zero-order valence-electron chi connectivity index (χ0n) is 15.2. The molecule has 1 aromatic carbocycles. The molecule has 0 radical (unpaired) electrons. The van der Waals surface area contributed by atoms with E-state index in [0.717, 1.165) is 45.6 Å². The number of hydrogen-bond acceptors (Lipinski definition) is 3. The minimum Gasteiger partial charge on any atom is -0.289 e. The van der Waals surface area contributed by atoms with Crippen LogP contribution in [0.5, 0.6) is 0 Å². The van der Waals surface area contributed by atoms with Gasteiger partial charge in [-0.05, 0) is 55.0 Å². The van der Waals surface area contributed by atoms with Crippen LogP contribution in [0.3, 0.4) is 0 Å². The van der Waals surface area contributed by atoms with E-state index in [1.165, 1.54) is 0 Å². The zero-order valence-corrected chi connectivity index (χ0v) is 18.4. The second kappa shape index (κ2) is 7.82. The van der Waals surface area contributed by atoms with E-state index in [2.05, 4.69) is 27.0 Å². The van der Waals surface area contributed by atoms with Gasteiger partial charge in [-0.1, -0.05) is 39.7 Å². The van der Waals surface area contributed by atoms with Crippen molar-refractivity contribution in [2.24, 2.45) is 0 Å². The van der Waals surface area contributed by atoms with Gasteiger partial charge in [-0.2, -0.15) is 15.7 Å². The second-order valence-corrected chi connectivity index (χ2v) is 10.2. The number of hydrogen-bond donors (Lipinski definition) is 0. The van der Waals surface area contributed by atoms with E-state index in [1.807, 2.05) is 43.5 Å². The molecule has 1 saturated heterocycles. The molecule has 3 aromatic rings. The number of benzene rings is 1. The highest BCUT2D eigenvalue weighted by Gasteiger charge is 2.25. The minimum atomic E-state index is -0.256. The molecule has 0 amide bonds. The molecular formula is C21H17BrClN3OS. The number of aromatic nitrogens is 2. The first-order valence-electron chi connectivity index (χ1n) is 8.93. The Morgan fingerprint density at radius 2 is 2.07 bits per heavy atom. The second-order valence-electron chi connectivity index (χ2n) is 6.74. The molecule has 142 valence electrons. The van der Waals surface area contributed by atoms with Crippen LogP contribution in [0.25, 0.3) is 16.9 Å². The lowest BCUT2D eigenvalue weighted by Crippen LogP contribution is -2.16. The maximum Gasteiger partial charge on any atom is 0.212 e. The number of pyridine rings is 1. The van der Waals surface area contributed by atoms with E-state index >= 15 is 0 Å². The van der Waals surface area contributed by atoms with Crippen molar-refractivity contribution in [3.63, 3.8) is 0 Å².